The van der Waals surface area contributed by atoms with Crippen LogP contribution in [-0.4, -0.2) is 35.4 Å². The van der Waals surface area contributed by atoms with Crippen LogP contribution in [0.3, 0.4) is 0 Å². The Bertz CT molecular complexity index is 708. The van der Waals surface area contributed by atoms with E-state index in [2.05, 4.69) is 22.1 Å². The second kappa shape index (κ2) is 8.50. The van der Waals surface area contributed by atoms with E-state index in [1.165, 1.54) is 0 Å². The fourth-order valence-corrected chi connectivity index (χ4v) is 3.30. The summed E-state index contributed by atoms with van der Waals surface area (Å²) >= 11 is 6.02. The van der Waals surface area contributed by atoms with Gasteiger partial charge in [-0.3, -0.25) is 9.69 Å². The van der Waals surface area contributed by atoms with Gasteiger partial charge in [-0.2, -0.15) is 0 Å². The highest BCUT2D eigenvalue weighted by Gasteiger charge is 2.25. The van der Waals surface area contributed by atoms with Crippen molar-refractivity contribution in [2.75, 3.05) is 19.6 Å². The Balaban J connectivity index is 1.52. The predicted molar refractivity (Wildman–Crippen MR) is 98.3 cm³/mol. The van der Waals surface area contributed by atoms with Crippen molar-refractivity contribution in [3.63, 3.8) is 0 Å². The number of likely N-dealkylation sites (tertiary alicyclic amines) is 1. The molecule has 0 unspecified atom stereocenters. The van der Waals surface area contributed by atoms with E-state index in [1.807, 2.05) is 24.3 Å². The Kier molecular flexibility index (Phi) is 6.10. The first-order valence-corrected chi connectivity index (χ1v) is 9.24. The monoisotopic (exact) mass is 361 g/mol. The summed E-state index contributed by atoms with van der Waals surface area (Å²) in [5.74, 6) is 0.930. The van der Waals surface area contributed by atoms with Gasteiger partial charge in [0, 0.05) is 29.6 Å². The molecule has 6 heteroatoms. The number of oxazole rings is 1. The van der Waals surface area contributed by atoms with Gasteiger partial charge in [0.1, 0.15) is 6.26 Å². The van der Waals surface area contributed by atoms with E-state index in [1.54, 1.807) is 6.26 Å². The number of hydrogen-bond acceptors (Lipinski definition) is 4. The lowest BCUT2D eigenvalue weighted by Gasteiger charge is -2.30. The fraction of sp³-hybridized carbons (Fsp3) is 0.474. The third-order valence-corrected chi connectivity index (χ3v) is 4.75. The number of rotatable bonds is 6. The molecule has 0 atom stereocenters. The lowest BCUT2D eigenvalue weighted by Crippen LogP contribution is -2.40. The number of benzene rings is 1. The van der Waals surface area contributed by atoms with Crippen LogP contribution in [0, 0.1) is 5.92 Å². The van der Waals surface area contributed by atoms with Crippen LogP contribution in [0.15, 0.2) is 34.9 Å². The lowest BCUT2D eigenvalue weighted by atomic mass is 9.96. The van der Waals surface area contributed by atoms with Crippen LogP contribution in [0.4, 0.5) is 0 Å². The first-order chi connectivity index (χ1) is 12.2. The Morgan fingerprint density at radius 1 is 1.40 bits per heavy atom. The molecule has 25 heavy (non-hydrogen) atoms. The molecule has 0 spiro atoms. The van der Waals surface area contributed by atoms with Crippen molar-refractivity contribution in [2.24, 2.45) is 5.92 Å². The summed E-state index contributed by atoms with van der Waals surface area (Å²) in [5.41, 5.74) is 1.79. The Labute approximate surface area is 153 Å². The van der Waals surface area contributed by atoms with E-state index < -0.39 is 0 Å². The summed E-state index contributed by atoms with van der Waals surface area (Å²) in [4.78, 5) is 18.9. The normalized spacial score (nSPS) is 16.1. The van der Waals surface area contributed by atoms with Gasteiger partial charge in [0.25, 0.3) is 0 Å². The Morgan fingerprint density at radius 2 is 2.20 bits per heavy atom. The smallest absolute Gasteiger partial charge is 0.226 e. The molecule has 1 N–H and O–H groups in total. The first kappa shape index (κ1) is 18.0. The first-order valence-electron chi connectivity index (χ1n) is 8.86. The minimum Gasteiger partial charge on any atom is -0.444 e. The van der Waals surface area contributed by atoms with Crippen LogP contribution >= 0.6 is 11.6 Å². The largest absolute Gasteiger partial charge is 0.444 e. The number of hydrogen-bond donors (Lipinski definition) is 1. The average molecular weight is 362 g/mol. The zero-order valence-electron chi connectivity index (χ0n) is 14.5. The number of nitrogens with zero attached hydrogens (tertiary/aromatic N) is 2. The van der Waals surface area contributed by atoms with Crippen molar-refractivity contribution in [1.82, 2.24) is 15.2 Å². The van der Waals surface area contributed by atoms with Crippen molar-refractivity contribution < 1.29 is 9.21 Å². The second-order valence-electron chi connectivity index (χ2n) is 6.50. The summed E-state index contributed by atoms with van der Waals surface area (Å²) < 4.78 is 5.59. The molecular weight excluding hydrogens is 338 g/mol. The lowest BCUT2D eigenvalue weighted by molar-refractivity contribution is -0.126. The number of amides is 1. The Morgan fingerprint density at radius 3 is 2.92 bits per heavy atom. The molecule has 0 radical (unpaired) electrons. The van der Waals surface area contributed by atoms with Gasteiger partial charge in [0.15, 0.2) is 0 Å². The van der Waals surface area contributed by atoms with Gasteiger partial charge < -0.3 is 9.73 Å². The van der Waals surface area contributed by atoms with E-state index in [0.717, 1.165) is 56.7 Å². The number of piperidine rings is 1. The highest BCUT2D eigenvalue weighted by molar-refractivity contribution is 6.30. The molecule has 0 aliphatic carbocycles. The molecule has 1 aromatic heterocycles. The van der Waals surface area contributed by atoms with Crippen LogP contribution < -0.4 is 5.32 Å². The molecule has 2 heterocycles. The standard InChI is InChI=1S/C19H24ClN3O2/c1-2-8-21-18(24)14-6-9-23(10-7-14)12-17-13-25-19(22-17)15-4-3-5-16(20)11-15/h3-5,11,13-14H,2,6-10,12H2,1H3,(H,21,24). The molecule has 0 bridgehead atoms. The van der Waals surface area contributed by atoms with Crippen molar-refractivity contribution in [1.29, 1.82) is 0 Å². The number of carbonyl (C=O) groups excluding carboxylic acids is 1. The number of aromatic nitrogens is 1. The van der Waals surface area contributed by atoms with E-state index in [0.29, 0.717) is 10.9 Å². The molecule has 2 aromatic rings. The van der Waals surface area contributed by atoms with Gasteiger partial charge in [-0.1, -0.05) is 24.6 Å². The highest BCUT2D eigenvalue weighted by Crippen LogP contribution is 2.24. The highest BCUT2D eigenvalue weighted by atomic mass is 35.5. The molecule has 1 fully saturated rings. The van der Waals surface area contributed by atoms with Crippen LogP contribution in [0.25, 0.3) is 11.5 Å². The molecule has 1 aromatic carbocycles. The zero-order chi connectivity index (χ0) is 17.6. The van der Waals surface area contributed by atoms with Gasteiger partial charge in [-0.25, -0.2) is 4.98 Å². The molecule has 5 nitrogen and oxygen atoms in total. The van der Waals surface area contributed by atoms with E-state index in [9.17, 15) is 4.79 Å². The fourth-order valence-electron chi connectivity index (χ4n) is 3.11. The van der Waals surface area contributed by atoms with Gasteiger partial charge >= 0.3 is 0 Å². The molecule has 3 rings (SSSR count). The van der Waals surface area contributed by atoms with Crippen molar-refractivity contribution in [3.8, 4) is 11.5 Å². The summed E-state index contributed by atoms with van der Waals surface area (Å²) in [5, 5.41) is 3.66. The molecule has 1 aliphatic rings. The van der Waals surface area contributed by atoms with E-state index in [4.69, 9.17) is 16.0 Å². The van der Waals surface area contributed by atoms with Crippen LogP contribution in [-0.2, 0) is 11.3 Å². The summed E-state index contributed by atoms with van der Waals surface area (Å²) in [6.45, 7) is 5.39. The zero-order valence-corrected chi connectivity index (χ0v) is 15.3. The minimum atomic E-state index is 0.141. The molecule has 1 saturated heterocycles. The summed E-state index contributed by atoms with van der Waals surface area (Å²) in [6.07, 6.45) is 4.48. The number of halogens is 1. The van der Waals surface area contributed by atoms with Crippen molar-refractivity contribution >= 4 is 17.5 Å². The maximum absolute atomic E-state index is 12.0. The molecule has 0 saturated carbocycles. The number of nitrogens with one attached hydrogen (secondary N) is 1. The van der Waals surface area contributed by atoms with Gasteiger partial charge in [-0.15, -0.1) is 0 Å². The topological polar surface area (TPSA) is 58.4 Å². The second-order valence-corrected chi connectivity index (χ2v) is 6.93. The minimum absolute atomic E-state index is 0.141. The third kappa shape index (κ3) is 4.83. The van der Waals surface area contributed by atoms with Crippen LogP contribution in [0.2, 0.25) is 5.02 Å². The van der Waals surface area contributed by atoms with Crippen LogP contribution in [0.5, 0.6) is 0 Å². The Hall–Kier alpha value is -1.85. The van der Waals surface area contributed by atoms with Crippen molar-refractivity contribution in [2.45, 2.75) is 32.7 Å². The molecular formula is C19H24ClN3O2. The third-order valence-electron chi connectivity index (χ3n) is 4.52. The SMILES string of the molecule is CCCNC(=O)C1CCN(Cc2coc(-c3cccc(Cl)c3)n2)CC1. The summed E-state index contributed by atoms with van der Waals surface area (Å²) in [7, 11) is 0. The quantitative estimate of drug-likeness (QED) is 0.851. The van der Waals surface area contributed by atoms with Crippen LogP contribution in [0.1, 0.15) is 31.9 Å². The molecule has 1 aliphatic heterocycles. The summed E-state index contributed by atoms with van der Waals surface area (Å²) in [6, 6.07) is 7.49. The average Bonchev–Trinajstić information content (AvgIpc) is 3.09. The molecule has 134 valence electrons. The van der Waals surface area contributed by atoms with Gasteiger partial charge in [0.05, 0.1) is 5.69 Å². The molecule has 1 amide bonds. The van der Waals surface area contributed by atoms with E-state index in [-0.39, 0.29) is 11.8 Å². The maximum atomic E-state index is 12.0. The van der Waals surface area contributed by atoms with Crippen molar-refractivity contribution in [3.05, 3.63) is 41.2 Å². The van der Waals surface area contributed by atoms with Gasteiger partial charge in [-0.05, 0) is 50.6 Å². The van der Waals surface area contributed by atoms with E-state index >= 15 is 0 Å². The number of carbonyl (C=O) groups is 1. The predicted octanol–water partition coefficient (Wildman–Crippen LogP) is 3.73. The maximum Gasteiger partial charge on any atom is 0.226 e. The van der Waals surface area contributed by atoms with Gasteiger partial charge in [0.2, 0.25) is 11.8 Å².